The maximum Gasteiger partial charge on any atom is 0.239 e. The summed E-state index contributed by atoms with van der Waals surface area (Å²) in [7, 11) is 0. The second-order valence-electron chi connectivity index (χ2n) is 4.44. The van der Waals surface area contributed by atoms with Crippen LogP contribution >= 0.6 is 11.3 Å². The second-order valence-corrected chi connectivity index (χ2v) is 5.42. The minimum Gasteiger partial charge on any atom is -0.493 e. The minimum absolute atomic E-state index is 0.0762. The van der Waals surface area contributed by atoms with Gasteiger partial charge in [-0.25, -0.2) is 0 Å². The number of fused-ring (bicyclic) bond motifs is 3. The summed E-state index contributed by atoms with van der Waals surface area (Å²) in [6.45, 7) is 4.34. The van der Waals surface area contributed by atoms with Gasteiger partial charge >= 0.3 is 0 Å². The number of benzene rings is 2. The van der Waals surface area contributed by atoms with Crippen LogP contribution in [0.5, 0.6) is 5.75 Å². The van der Waals surface area contributed by atoms with Crippen LogP contribution in [0.15, 0.2) is 41.2 Å². The molecule has 1 heterocycles. The highest BCUT2D eigenvalue weighted by atomic mass is 32.1. The number of ether oxygens (including phenoxy) is 1. The van der Waals surface area contributed by atoms with Crippen molar-refractivity contribution < 1.29 is 4.74 Å². The third-order valence-electron chi connectivity index (χ3n) is 3.25. The molecule has 0 saturated heterocycles. The maximum atomic E-state index is 12.1. The molecule has 0 bridgehead atoms. The Kier molecular flexibility index (Phi) is 2.99. The van der Waals surface area contributed by atoms with Crippen molar-refractivity contribution in [2.24, 2.45) is 0 Å². The summed E-state index contributed by atoms with van der Waals surface area (Å²) in [5, 5.41) is 3.29. The molecule has 0 unspecified atom stereocenters. The third kappa shape index (κ3) is 1.90. The van der Waals surface area contributed by atoms with Gasteiger partial charge in [0, 0.05) is 15.6 Å². The summed E-state index contributed by atoms with van der Waals surface area (Å²) in [4.78, 5) is 12.1. The molecule has 0 aliphatic rings. The molecule has 96 valence electrons. The van der Waals surface area contributed by atoms with E-state index in [9.17, 15) is 4.79 Å². The Hall–Kier alpha value is -1.87. The van der Waals surface area contributed by atoms with Gasteiger partial charge in [-0.15, -0.1) is 0 Å². The summed E-state index contributed by atoms with van der Waals surface area (Å²) in [5.41, 5.74) is 0.703. The molecule has 0 aliphatic carbocycles. The summed E-state index contributed by atoms with van der Waals surface area (Å²) in [6, 6.07) is 12.3. The fourth-order valence-electron chi connectivity index (χ4n) is 2.33. The third-order valence-corrected chi connectivity index (χ3v) is 4.39. The van der Waals surface area contributed by atoms with Crippen molar-refractivity contribution >= 4 is 32.2 Å². The van der Waals surface area contributed by atoms with Crippen molar-refractivity contribution in [3.8, 4) is 5.75 Å². The van der Waals surface area contributed by atoms with Gasteiger partial charge in [-0.2, -0.15) is 0 Å². The Morgan fingerprint density at radius 1 is 1.11 bits per heavy atom. The van der Waals surface area contributed by atoms with E-state index >= 15 is 0 Å². The zero-order valence-electron chi connectivity index (χ0n) is 10.9. The highest BCUT2D eigenvalue weighted by Crippen LogP contribution is 2.34. The molecule has 0 spiro atoms. The van der Waals surface area contributed by atoms with Gasteiger partial charge in [-0.1, -0.05) is 41.7 Å². The van der Waals surface area contributed by atoms with Crippen molar-refractivity contribution in [3.63, 3.8) is 0 Å². The van der Waals surface area contributed by atoms with E-state index in [0.717, 1.165) is 26.6 Å². The molecule has 2 nitrogen and oxygen atoms in total. The van der Waals surface area contributed by atoms with E-state index in [1.165, 1.54) is 11.3 Å². The first-order valence-electron chi connectivity index (χ1n) is 6.30. The molecule has 19 heavy (non-hydrogen) atoms. The summed E-state index contributed by atoms with van der Waals surface area (Å²) >= 11 is 1.30. The quantitative estimate of drug-likeness (QED) is 0.655. The molecule has 0 atom stereocenters. The fourth-order valence-corrected chi connectivity index (χ4v) is 3.32. The van der Waals surface area contributed by atoms with Gasteiger partial charge in [0.15, 0.2) is 0 Å². The van der Waals surface area contributed by atoms with Crippen molar-refractivity contribution in [2.45, 2.75) is 13.8 Å². The van der Waals surface area contributed by atoms with E-state index in [4.69, 9.17) is 4.74 Å². The minimum atomic E-state index is 0.0762. The van der Waals surface area contributed by atoms with Gasteiger partial charge in [0.2, 0.25) is 4.74 Å². The Labute approximate surface area is 115 Å². The van der Waals surface area contributed by atoms with Crippen molar-refractivity contribution in [1.82, 2.24) is 0 Å². The molecule has 0 amide bonds. The van der Waals surface area contributed by atoms with Gasteiger partial charge < -0.3 is 4.74 Å². The Morgan fingerprint density at radius 2 is 1.89 bits per heavy atom. The fraction of sp³-hybridized carbons (Fsp3) is 0.188. The van der Waals surface area contributed by atoms with Gasteiger partial charge in [-0.3, -0.25) is 4.79 Å². The van der Waals surface area contributed by atoms with E-state index < -0.39 is 0 Å². The predicted molar refractivity (Wildman–Crippen MR) is 81.5 cm³/mol. The van der Waals surface area contributed by atoms with Crippen molar-refractivity contribution in [3.05, 3.63) is 51.5 Å². The van der Waals surface area contributed by atoms with E-state index in [1.807, 2.05) is 32.0 Å². The number of hydrogen-bond donors (Lipinski definition) is 0. The average molecular weight is 270 g/mol. The molecule has 0 radical (unpaired) electrons. The molecule has 3 aromatic rings. The van der Waals surface area contributed by atoms with Crippen molar-refractivity contribution in [1.29, 1.82) is 0 Å². The van der Waals surface area contributed by atoms with E-state index in [-0.39, 0.29) is 4.74 Å². The molecule has 3 heteroatoms. The molecule has 0 aliphatic heterocycles. The Morgan fingerprint density at radius 3 is 2.68 bits per heavy atom. The summed E-state index contributed by atoms with van der Waals surface area (Å²) < 4.78 is 6.77. The molecular weight excluding hydrogens is 256 g/mol. The topological polar surface area (TPSA) is 26.3 Å². The van der Waals surface area contributed by atoms with Crippen molar-refractivity contribution in [2.75, 3.05) is 6.61 Å². The first kappa shape index (κ1) is 12.2. The first-order chi connectivity index (χ1) is 9.22. The highest BCUT2D eigenvalue weighted by Gasteiger charge is 2.12. The van der Waals surface area contributed by atoms with Crippen LogP contribution in [0.4, 0.5) is 0 Å². The van der Waals surface area contributed by atoms with Crippen LogP contribution in [0.2, 0.25) is 0 Å². The summed E-state index contributed by atoms with van der Waals surface area (Å²) in [5.74, 6) is 0.729. The van der Waals surface area contributed by atoms with Crippen LogP contribution in [0.25, 0.3) is 20.9 Å². The first-order valence-corrected chi connectivity index (χ1v) is 7.12. The average Bonchev–Trinajstić information content (AvgIpc) is 2.44. The lowest BCUT2D eigenvalue weighted by atomic mass is 10.1. The number of rotatable bonds is 2. The molecule has 3 rings (SSSR count). The molecular formula is C16H14O2S. The van der Waals surface area contributed by atoms with Crippen LogP contribution in [0.3, 0.4) is 0 Å². The summed E-state index contributed by atoms with van der Waals surface area (Å²) in [6.07, 6.45) is 0. The van der Waals surface area contributed by atoms with Gasteiger partial charge in [0.05, 0.1) is 6.61 Å². The van der Waals surface area contributed by atoms with Crippen LogP contribution in [-0.4, -0.2) is 6.61 Å². The van der Waals surface area contributed by atoms with Crippen LogP contribution < -0.4 is 9.48 Å². The molecule has 1 aromatic heterocycles. The van der Waals surface area contributed by atoms with Crippen LogP contribution in [0.1, 0.15) is 12.5 Å². The van der Waals surface area contributed by atoms with E-state index in [1.54, 1.807) is 0 Å². The lowest BCUT2D eigenvalue weighted by molar-refractivity contribution is 0.342. The zero-order valence-corrected chi connectivity index (χ0v) is 11.7. The van der Waals surface area contributed by atoms with E-state index in [0.29, 0.717) is 12.2 Å². The SMILES string of the molecule is CCOc1c(C)c(=O)sc2c1ccc1ccccc12. The van der Waals surface area contributed by atoms with Crippen LogP contribution in [-0.2, 0) is 0 Å². The molecule has 0 saturated carbocycles. The Balaban J connectivity index is 2.51. The zero-order chi connectivity index (χ0) is 13.4. The van der Waals surface area contributed by atoms with Crippen LogP contribution in [0, 0.1) is 6.92 Å². The second kappa shape index (κ2) is 4.67. The number of hydrogen-bond acceptors (Lipinski definition) is 3. The lowest BCUT2D eigenvalue weighted by Gasteiger charge is -2.11. The smallest absolute Gasteiger partial charge is 0.239 e. The monoisotopic (exact) mass is 270 g/mol. The maximum absolute atomic E-state index is 12.1. The van der Waals surface area contributed by atoms with Gasteiger partial charge in [-0.05, 0) is 30.7 Å². The van der Waals surface area contributed by atoms with Gasteiger partial charge in [0.25, 0.3) is 0 Å². The largest absolute Gasteiger partial charge is 0.493 e. The predicted octanol–water partition coefficient (Wildman–Crippen LogP) is 4.12. The van der Waals surface area contributed by atoms with E-state index in [2.05, 4.69) is 18.2 Å². The highest BCUT2D eigenvalue weighted by molar-refractivity contribution is 7.17. The molecule has 2 aromatic carbocycles. The molecule has 0 N–H and O–H groups in total. The lowest BCUT2D eigenvalue weighted by Crippen LogP contribution is -2.04. The van der Waals surface area contributed by atoms with Gasteiger partial charge in [0.1, 0.15) is 5.75 Å². The normalized spacial score (nSPS) is 11.1. The molecule has 0 fully saturated rings. The Bertz CT molecular complexity index is 818. The standard InChI is InChI=1S/C16H14O2S/c1-3-18-14-10(2)16(17)19-15-12-7-5-4-6-11(12)8-9-13(14)15/h4-9H,3H2,1-2H3.